The third-order valence-electron chi connectivity index (χ3n) is 4.75. The predicted molar refractivity (Wildman–Crippen MR) is 115 cm³/mol. The minimum absolute atomic E-state index is 0.113. The fourth-order valence-corrected chi connectivity index (χ4v) is 3.12. The van der Waals surface area contributed by atoms with Gasteiger partial charge in [-0.3, -0.25) is 0 Å². The molecule has 0 spiro atoms. The van der Waals surface area contributed by atoms with Gasteiger partial charge in [-0.15, -0.1) is 6.58 Å². The lowest BCUT2D eigenvalue weighted by atomic mass is 9.96. The van der Waals surface area contributed by atoms with Crippen LogP contribution < -0.4 is 0 Å². The Morgan fingerprint density at radius 1 is 1.14 bits per heavy atom. The highest BCUT2D eigenvalue weighted by atomic mass is 16.4. The first-order chi connectivity index (χ1) is 13.8. The third-order valence-corrected chi connectivity index (χ3v) is 4.75. The summed E-state index contributed by atoms with van der Waals surface area (Å²) < 4.78 is 1.96. The Balaban J connectivity index is 1.88. The number of hydrogen-bond acceptors (Lipinski definition) is 3. The monoisotopic (exact) mass is 389 g/mol. The summed E-state index contributed by atoms with van der Waals surface area (Å²) in [6.45, 7) is 10.8. The Bertz CT molecular complexity index is 1010. The first-order valence-corrected chi connectivity index (χ1v) is 9.76. The number of hydrogen-bond donors (Lipinski definition) is 1. The van der Waals surface area contributed by atoms with Gasteiger partial charge in [0.2, 0.25) is 0 Å². The van der Waals surface area contributed by atoms with E-state index in [1.807, 2.05) is 47.2 Å². The standard InChI is InChI=1S/C24H27N3O2/c1-5-6-11-21-25-23(24(2,3)4)26-27(21)16-17-12-14-18(15-13-17)19-9-7-8-10-20(19)22(28)29/h5,7-10,12-15H,1,6,11,16H2,2-4H3,(H,28,29). The van der Waals surface area contributed by atoms with Crippen molar-refractivity contribution in [3.8, 4) is 11.1 Å². The molecule has 3 rings (SSSR count). The molecule has 5 heteroatoms. The van der Waals surface area contributed by atoms with E-state index >= 15 is 0 Å². The number of benzene rings is 2. The minimum atomic E-state index is -0.922. The molecule has 0 unspecified atom stereocenters. The summed E-state index contributed by atoms with van der Waals surface area (Å²) in [5.74, 6) is 0.868. The summed E-state index contributed by atoms with van der Waals surface area (Å²) in [4.78, 5) is 16.2. The molecule has 1 N–H and O–H groups in total. The van der Waals surface area contributed by atoms with Crippen LogP contribution >= 0.6 is 0 Å². The summed E-state index contributed by atoms with van der Waals surface area (Å²) in [5.41, 5.74) is 2.88. The molecule has 0 fully saturated rings. The average Bonchev–Trinajstić information content (AvgIpc) is 3.10. The van der Waals surface area contributed by atoms with Gasteiger partial charge in [-0.2, -0.15) is 5.10 Å². The second kappa shape index (κ2) is 8.43. The van der Waals surface area contributed by atoms with Gasteiger partial charge < -0.3 is 5.11 Å². The molecule has 3 aromatic rings. The molecule has 150 valence electrons. The van der Waals surface area contributed by atoms with Gasteiger partial charge in [0.25, 0.3) is 0 Å². The van der Waals surface area contributed by atoms with Gasteiger partial charge in [0.1, 0.15) is 5.82 Å². The van der Waals surface area contributed by atoms with E-state index in [-0.39, 0.29) is 5.41 Å². The number of rotatable bonds is 7. The molecule has 0 bridgehead atoms. The Labute approximate surface area is 171 Å². The average molecular weight is 389 g/mol. The molecule has 29 heavy (non-hydrogen) atoms. The van der Waals surface area contributed by atoms with Crippen molar-refractivity contribution in [1.82, 2.24) is 14.8 Å². The van der Waals surface area contributed by atoms with Crippen LogP contribution in [0.3, 0.4) is 0 Å². The molecule has 0 aliphatic heterocycles. The normalized spacial score (nSPS) is 11.4. The number of carbonyl (C=O) groups is 1. The number of aromatic carboxylic acids is 1. The Kier molecular flexibility index (Phi) is 5.97. The Morgan fingerprint density at radius 3 is 2.45 bits per heavy atom. The van der Waals surface area contributed by atoms with Crippen LogP contribution in [-0.4, -0.2) is 25.8 Å². The first kappa shape index (κ1) is 20.5. The summed E-state index contributed by atoms with van der Waals surface area (Å²) in [6.07, 6.45) is 3.55. The van der Waals surface area contributed by atoms with Gasteiger partial charge in [0.15, 0.2) is 5.82 Å². The number of aryl methyl sites for hydroxylation is 1. The van der Waals surface area contributed by atoms with E-state index in [1.54, 1.807) is 12.1 Å². The molecule has 0 amide bonds. The molecule has 1 heterocycles. The van der Waals surface area contributed by atoms with Crippen LogP contribution in [0.1, 0.15) is 54.8 Å². The maximum atomic E-state index is 11.5. The number of nitrogens with zero attached hydrogens (tertiary/aromatic N) is 3. The zero-order valence-electron chi connectivity index (χ0n) is 17.2. The lowest BCUT2D eigenvalue weighted by Crippen LogP contribution is -2.14. The Morgan fingerprint density at radius 2 is 1.83 bits per heavy atom. The lowest BCUT2D eigenvalue weighted by molar-refractivity contribution is 0.0697. The zero-order valence-corrected chi connectivity index (χ0v) is 17.2. The van der Waals surface area contributed by atoms with Crippen molar-refractivity contribution < 1.29 is 9.90 Å². The molecule has 1 aromatic heterocycles. The number of aromatic nitrogens is 3. The van der Waals surface area contributed by atoms with Gasteiger partial charge in [0, 0.05) is 11.8 Å². The zero-order chi connectivity index (χ0) is 21.0. The van der Waals surface area contributed by atoms with Gasteiger partial charge in [0.05, 0.1) is 12.1 Å². The second-order valence-electron chi connectivity index (χ2n) is 8.13. The van der Waals surface area contributed by atoms with Gasteiger partial charge in [-0.1, -0.05) is 69.3 Å². The van der Waals surface area contributed by atoms with Gasteiger partial charge in [-0.05, 0) is 29.2 Å². The SMILES string of the molecule is C=CCCc1nc(C(C)(C)C)nn1Cc1ccc(-c2ccccc2C(=O)O)cc1. The van der Waals surface area contributed by atoms with Crippen molar-refractivity contribution in [2.75, 3.05) is 0 Å². The molecule has 0 saturated heterocycles. The number of allylic oxidation sites excluding steroid dienone is 1. The molecule has 0 aliphatic carbocycles. The maximum Gasteiger partial charge on any atom is 0.336 e. The van der Waals surface area contributed by atoms with Crippen LogP contribution in [0.2, 0.25) is 0 Å². The van der Waals surface area contributed by atoms with Crippen LogP contribution in [0.5, 0.6) is 0 Å². The fourth-order valence-electron chi connectivity index (χ4n) is 3.12. The third kappa shape index (κ3) is 4.80. The summed E-state index contributed by atoms with van der Waals surface area (Å²) in [6, 6.07) is 15.0. The van der Waals surface area contributed by atoms with Crippen LogP contribution in [0.15, 0.2) is 61.2 Å². The highest BCUT2D eigenvalue weighted by molar-refractivity contribution is 5.95. The fraction of sp³-hybridized carbons (Fsp3) is 0.292. The summed E-state index contributed by atoms with van der Waals surface area (Å²) in [7, 11) is 0. The van der Waals surface area contributed by atoms with Crippen molar-refractivity contribution in [1.29, 1.82) is 0 Å². The smallest absolute Gasteiger partial charge is 0.336 e. The topological polar surface area (TPSA) is 68.0 Å². The van der Waals surface area contributed by atoms with Crippen LogP contribution in [0.25, 0.3) is 11.1 Å². The van der Waals surface area contributed by atoms with Crippen molar-refractivity contribution >= 4 is 5.97 Å². The molecular formula is C24H27N3O2. The maximum absolute atomic E-state index is 11.5. The molecular weight excluding hydrogens is 362 g/mol. The van der Waals surface area contributed by atoms with Crippen molar-refractivity contribution in [2.24, 2.45) is 0 Å². The lowest BCUT2D eigenvalue weighted by Gasteiger charge is -2.12. The highest BCUT2D eigenvalue weighted by Crippen LogP contribution is 2.25. The van der Waals surface area contributed by atoms with E-state index in [2.05, 4.69) is 27.4 Å². The van der Waals surface area contributed by atoms with Gasteiger partial charge in [-0.25, -0.2) is 14.5 Å². The van der Waals surface area contributed by atoms with Crippen molar-refractivity contribution in [3.05, 3.63) is 84.0 Å². The number of carboxylic acids is 1. The van der Waals surface area contributed by atoms with E-state index in [0.29, 0.717) is 17.7 Å². The quantitative estimate of drug-likeness (QED) is 0.570. The van der Waals surface area contributed by atoms with Crippen molar-refractivity contribution in [3.63, 3.8) is 0 Å². The molecule has 0 atom stereocenters. The first-order valence-electron chi connectivity index (χ1n) is 9.76. The minimum Gasteiger partial charge on any atom is -0.478 e. The van der Waals surface area contributed by atoms with Crippen LogP contribution in [-0.2, 0) is 18.4 Å². The van der Waals surface area contributed by atoms with E-state index < -0.39 is 5.97 Å². The van der Waals surface area contributed by atoms with E-state index in [4.69, 9.17) is 10.1 Å². The van der Waals surface area contributed by atoms with E-state index in [0.717, 1.165) is 35.6 Å². The highest BCUT2D eigenvalue weighted by Gasteiger charge is 2.21. The van der Waals surface area contributed by atoms with Crippen LogP contribution in [0, 0.1) is 0 Å². The molecule has 5 nitrogen and oxygen atoms in total. The predicted octanol–water partition coefficient (Wildman–Crippen LogP) is 5.11. The summed E-state index contributed by atoms with van der Waals surface area (Å²) >= 11 is 0. The molecule has 2 aromatic carbocycles. The summed E-state index contributed by atoms with van der Waals surface area (Å²) in [5, 5.41) is 14.2. The van der Waals surface area contributed by atoms with Crippen LogP contribution in [0.4, 0.5) is 0 Å². The van der Waals surface area contributed by atoms with Crippen molar-refractivity contribution in [2.45, 2.75) is 45.6 Å². The second-order valence-corrected chi connectivity index (χ2v) is 8.13. The molecule has 0 aliphatic rings. The van der Waals surface area contributed by atoms with Gasteiger partial charge >= 0.3 is 5.97 Å². The van der Waals surface area contributed by atoms with E-state index in [9.17, 15) is 9.90 Å². The van der Waals surface area contributed by atoms with E-state index in [1.165, 1.54) is 0 Å². The molecule has 0 radical (unpaired) electrons. The Hall–Kier alpha value is -3.21. The number of carboxylic acid groups (broad SMARTS) is 1. The molecule has 0 saturated carbocycles. The largest absolute Gasteiger partial charge is 0.478 e.